The number of ether oxygens (including phenoxy) is 1. The van der Waals surface area contributed by atoms with Crippen molar-refractivity contribution in [3.05, 3.63) is 95.2 Å². The van der Waals surface area contributed by atoms with Crippen LogP contribution in [0.4, 0.5) is 23.7 Å². The second-order valence-corrected chi connectivity index (χ2v) is 9.19. The van der Waals surface area contributed by atoms with Crippen LogP contribution in [0.15, 0.2) is 77.3 Å². The predicted molar refractivity (Wildman–Crippen MR) is 134 cm³/mol. The number of nitrogens with one attached hydrogen (secondary N) is 1. The van der Waals surface area contributed by atoms with Crippen LogP contribution in [0.5, 0.6) is 0 Å². The van der Waals surface area contributed by atoms with Gasteiger partial charge in [0.05, 0.1) is 5.56 Å². The summed E-state index contributed by atoms with van der Waals surface area (Å²) in [5.74, 6) is 1.04. The van der Waals surface area contributed by atoms with E-state index in [0.29, 0.717) is 28.6 Å². The summed E-state index contributed by atoms with van der Waals surface area (Å²) in [7, 11) is 0. The summed E-state index contributed by atoms with van der Waals surface area (Å²) in [4.78, 5) is 12.6. The number of hydrogen-bond donors (Lipinski definition) is 1. The van der Waals surface area contributed by atoms with Crippen LogP contribution in [-0.4, -0.2) is 11.2 Å². The average Bonchev–Trinajstić information content (AvgIpc) is 3.68. The lowest BCUT2D eigenvalue weighted by molar-refractivity contribution is -0.139. The molecule has 0 aliphatic heterocycles. The second kappa shape index (κ2) is 9.76. The summed E-state index contributed by atoms with van der Waals surface area (Å²) in [6.45, 7) is 3.02. The van der Waals surface area contributed by atoms with Crippen molar-refractivity contribution in [1.82, 2.24) is 5.16 Å². The first-order chi connectivity index (χ1) is 17.7. The average molecular weight is 507 g/mol. The number of halogens is 3. The molecule has 1 amide bonds. The van der Waals surface area contributed by atoms with Gasteiger partial charge in [-0.3, -0.25) is 5.32 Å². The van der Waals surface area contributed by atoms with Gasteiger partial charge in [-0.25, -0.2) is 4.79 Å². The summed E-state index contributed by atoms with van der Waals surface area (Å²) in [5.41, 5.74) is 3.93. The van der Waals surface area contributed by atoms with Crippen molar-refractivity contribution in [2.45, 2.75) is 44.9 Å². The zero-order valence-corrected chi connectivity index (χ0v) is 20.3. The standard InChI is InChI=1S/C29H25F3N2O3/c1-17(24-5-3-4-6-25(24)29(30,31)32)36-28(35)33-26-18(2)37-34-27(26)23-15-13-22(14-16-23)21-11-9-20(10-12-21)19-7-8-19/h3-6,9-17,19H,7-8H2,1-2H3,(H,33,35)/t17-/m1/s1. The molecule has 3 aromatic carbocycles. The Morgan fingerprint density at radius 3 is 2.19 bits per heavy atom. The van der Waals surface area contributed by atoms with Gasteiger partial charge in [0.15, 0.2) is 5.76 Å². The van der Waals surface area contributed by atoms with Crippen molar-refractivity contribution in [2.24, 2.45) is 0 Å². The zero-order valence-electron chi connectivity index (χ0n) is 20.3. The van der Waals surface area contributed by atoms with Crippen LogP contribution >= 0.6 is 0 Å². The van der Waals surface area contributed by atoms with E-state index >= 15 is 0 Å². The van der Waals surface area contributed by atoms with E-state index < -0.39 is 23.9 Å². The largest absolute Gasteiger partial charge is 0.441 e. The van der Waals surface area contributed by atoms with Crippen molar-refractivity contribution in [3.8, 4) is 22.4 Å². The number of anilines is 1. The van der Waals surface area contributed by atoms with Gasteiger partial charge in [0.25, 0.3) is 0 Å². The van der Waals surface area contributed by atoms with Crippen LogP contribution in [-0.2, 0) is 10.9 Å². The molecular formula is C29H25F3N2O3. The van der Waals surface area contributed by atoms with E-state index in [0.717, 1.165) is 17.2 Å². The third-order valence-corrected chi connectivity index (χ3v) is 6.53. The first-order valence-corrected chi connectivity index (χ1v) is 12.0. The van der Waals surface area contributed by atoms with E-state index in [1.807, 2.05) is 24.3 Å². The summed E-state index contributed by atoms with van der Waals surface area (Å²) in [6.07, 6.45) is -4.09. The Morgan fingerprint density at radius 1 is 0.973 bits per heavy atom. The Hall–Kier alpha value is -4.07. The molecule has 1 atom stereocenters. The number of hydrogen-bond acceptors (Lipinski definition) is 4. The zero-order chi connectivity index (χ0) is 26.2. The molecule has 1 fully saturated rings. The van der Waals surface area contributed by atoms with Gasteiger partial charge in [0.1, 0.15) is 17.5 Å². The lowest BCUT2D eigenvalue weighted by atomic mass is 10.00. The van der Waals surface area contributed by atoms with Gasteiger partial charge in [-0.1, -0.05) is 71.9 Å². The number of benzene rings is 3. The number of rotatable bonds is 6. The first-order valence-electron chi connectivity index (χ1n) is 12.0. The number of carbonyl (C=O) groups is 1. The Labute approximate surface area is 212 Å². The second-order valence-electron chi connectivity index (χ2n) is 9.19. The molecule has 8 heteroatoms. The molecule has 0 saturated heterocycles. The van der Waals surface area contributed by atoms with E-state index in [2.05, 4.69) is 34.7 Å². The highest BCUT2D eigenvalue weighted by Crippen LogP contribution is 2.41. The molecular weight excluding hydrogens is 481 g/mol. The normalized spacial score (nSPS) is 14.3. The maximum absolute atomic E-state index is 13.4. The van der Waals surface area contributed by atoms with Gasteiger partial charge in [-0.15, -0.1) is 0 Å². The number of amides is 1. The number of alkyl halides is 3. The van der Waals surface area contributed by atoms with Crippen molar-refractivity contribution in [3.63, 3.8) is 0 Å². The molecule has 1 heterocycles. The Balaban J connectivity index is 1.30. The highest BCUT2D eigenvalue weighted by molar-refractivity contribution is 5.91. The van der Waals surface area contributed by atoms with Crippen LogP contribution in [0.1, 0.15) is 54.2 Å². The van der Waals surface area contributed by atoms with Gasteiger partial charge in [0.2, 0.25) is 0 Å². The van der Waals surface area contributed by atoms with E-state index in [-0.39, 0.29) is 5.56 Å². The monoisotopic (exact) mass is 506 g/mol. The van der Waals surface area contributed by atoms with Crippen molar-refractivity contribution in [1.29, 1.82) is 0 Å². The SMILES string of the molecule is Cc1onc(-c2ccc(-c3ccc(C4CC4)cc3)cc2)c1NC(=O)O[C@H](C)c1ccccc1C(F)(F)F. The van der Waals surface area contributed by atoms with Crippen LogP contribution < -0.4 is 5.32 Å². The van der Waals surface area contributed by atoms with Gasteiger partial charge < -0.3 is 9.26 Å². The summed E-state index contributed by atoms with van der Waals surface area (Å²) in [6, 6.07) is 21.3. The maximum atomic E-state index is 13.4. The smallest absolute Gasteiger partial charge is 0.416 e. The predicted octanol–water partition coefficient (Wildman–Crippen LogP) is 8.52. The third kappa shape index (κ3) is 5.38. The van der Waals surface area contributed by atoms with Crippen molar-refractivity contribution in [2.75, 3.05) is 5.32 Å². The molecule has 0 spiro atoms. The highest BCUT2D eigenvalue weighted by Gasteiger charge is 2.35. The summed E-state index contributed by atoms with van der Waals surface area (Å²) < 4.78 is 50.6. The van der Waals surface area contributed by atoms with E-state index in [1.54, 1.807) is 6.92 Å². The van der Waals surface area contributed by atoms with Gasteiger partial charge >= 0.3 is 12.3 Å². The molecule has 5 nitrogen and oxygen atoms in total. The van der Waals surface area contributed by atoms with Gasteiger partial charge in [0, 0.05) is 11.1 Å². The number of aryl methyl sites for hydroxylation is 1. The molecule has 4 aromatic rings. The Bertz CT molecular complexity index is 1410. The van der Waals surface area contributed by atoms with E-state index in [4.69, 9.17) is 9.26 Å². The topological polar surface area (TPSA) is 64.4 Å². The molecule has 1 aromatic heterocycles. The maximum Gasteiger partial charge on any atom is 0.416 e. The van der Waals surface area contributed by atoms with Crippen molar-refractivity contribution >= 4 is 11.8 Å². The molecule has 1 saturated carbocycles. The molecule has 0 bridgehead atoms. The van der Waals surface area contributed by atoms with Crippen molar-refractivity contribution < 1.29 is 27.2 Å². The molecule has 0 unspecified atom stereocenters. The third-order valence-electron chi connectivity index (χ3n) is 6.53. The molecule has 0 radical (unpaired) electrons. The van der Waals surface area contributed by atoms with Crippen LogP contribution in [0.25, 0.3) is 22.4 Å². The number of nitrogens with zero attached hydrogens (tertiary/aromatic N) is 1. The lowest BCUT2D eigenvalue weighted by Crippen LogP contribution is -2.19. The molecule has 37 heavy (non-hydrogen) atoms. The fourth-order valence-electron chi connectivity index (χ4n) is 4.37. The minimum absolute atomic E-state index is 0.131. The Morgan fingerprint density at radius 2 is 1.57 bits per heavy atom. The molecule has 1 aliphatic rings. The molecule has 1 aliphatic carbocycles. The fraction of sp³-hybridized carbons (Fsp3) is 0.241. The van der Waals surface area contributed by atoms with E-state index in [1.165, 1.54) is 43.5 Å². The molecule has 5 rings (SSSR count). The van der Waals surface area contributed by atoms with Crippen LogP contribution in [0.2, 0.25) is 0 Å². The van der Waals surface area contributed by atoms with Gasteiger partial charge in [-0.2, -0.15) is 13.2 Å². The number of aromatic nitrogens is 1. The lowest BCUT2D eigenvalue weighted by Gasteiger charge is -2.19. The highest BCUT2D eigenvalue weighted by atomic mass is 19.4. The van der Waals surface area contributed by atoms with Crippen LogP contribution in [0.3, 0.4) is 0 Å². The summed E-state index contributed by atoms with van der Waals surface area (Å²) >= 11 is 0. The van der Waals surface area contributed by atoms with E-state index in [9.17, 15) is 18.0 Å². The number of carbonyl (C=O) groups excluding carboxylic acids is 1. The quantitative estimate of drug-likeness (QED) is 0.285. The van der Waals surface area contributed by atoms with Crippen LogP contribution in [0, 0.1) is 6.92 Å². The summed E-state index contributed by atoms with van der Waals surface area (Å²) in [5, 5.41) is 6.66. The Kier molecular flexibility index (Phi) is 6.50. The minimum Gasteiger partial charge on any atom is -0.441 e. The first kappa shape index (κ1) is 24.6. The molecule has 1 N–H and O–H groups in total. The minimum atomic E-state index is -4.56. The molecule has 190 valence electrons. The van der Waals surface area contributed by atoms with Gasteiger partial charge in [-0.05, 0) is 55.4 Å². The fourth-order valence-corrected chi connectivity index (χ4v) is 4.37.